The van der Waals surface area contributed by atoms with Gasteiger partial charge >= 0.3 is 0 Å². The molecule has 29 heavy (non-hydrogen) atoms. The second-order valence-electron chi connectivity index (χ2n) is 8.10. The smallest absolute Gasteiger partial charge is 0.250 e. The van der Waals surface area contributed by atoms with Crippen LogP contribution >= 0.6 is 0 Å². The summed E-state index contributed by atoms with van der Waals surface area (Å²) in [6.45, 7) is 10.7. The van der Waals surface area contributed by atoms with Crippen LogP contribution in [0.5, 0.6) is 28.7 Å². The van der Waals surface area contributed by atoms with E-state index in [2.05, 4.69) is 44.1 Å². The van der Waals surface area contributed by atoms with Crippen molar-refractivity contribution in [1.82, 2.24) is 0 Å². The highest BCUT2D eigenvalue weighted by molar-refractivity contribution is 6.74. The average Bonchev–Trinajstić information content (AvgIpc) is 2.66. The molecule has 0 radical (unpaired) electrons. The molecule has 0 fully saturated rings. The van der Waals surface area contributed by atoms with Crippen LogP contribution in [0.2, 0.25) is 18.1 Å². The Balaban J connectivity index is 2.35. The van der Waals surface area contributed by atoms with Crippen LogP contribution < -0.4 is 18.6 Å². The molecule has 1 N–H and O–H groups in total. The summed E-state index contributed by atoms with van der Waals surface area (Å²) in [4.78, 5) is 0. The molecule has 2 aromatic carbocycles. The van der Waals surface area contributed by atoms with Crippen molar-refractivity contribution in [3.8, 4) is 28.7 Å². The van der Waals surface area contributed by atoms with Gasteiger partial charge in [-0.15, -0.1) is 0 Å². The fourth-order valence-electron chi connectivity index (χ4n) is 2.32. The molecule has 2 aromatic rings. The number of azo groups is 1. The summed E-state index contributed by atoms with van der Waals surface area (Å²) in [6, 6.07) is 8.34. The van der Waals surface area contributed by atoms with Gasteiger partial charge in [-0.1, -0.05) is 20.8 Å². The fraction of sp³-hybridized carbons (Fsp3) is 0.429. The molecular formula is C21H30N2O5Si. The summed E-state index contributed by atoms with van der Waals surface area (Å²) in [5, 5.41) is 18.8. The van der Waals surface area contributed by atoms with E-state index in [1.165, 1.54) is 0 Å². The molecule has 0 aliphatic heterocycles. The van der Waals surface area contributed by atoms with Crippen molar-refractivity contribution in [3.63, 3.8) is 0 Å². The first kappa shape index (κ1) is 22.5. The summed E-state index contributed by atoms with van der Waals surface area (Å²) >= 11 is 0. The van der Waals surface area contributed by atoms with E-state index < -0.39 is 8.32 Å². The van der Waals surface area contributed by atoms with E-state index in [-0.39, 0.29) is 10.8 Å². The monoisotopic (exact) mass is 418 g/mol. The van der Waals surface area contributed by atoms with Gasteiger partial charge in [0.05, 0.1) is 32.7 Å². The van der Waals surface area contributed by atoms with Gasteiger partial charge in [0, 0.05) is 18.2 Å². The Morgan fingerprint density at radius 1 is 0.793 bits per heavy atom. The number of hydrogen-bond donors (Lipinski definition) is 1. The number of hydrogen-bond acceptors (Lipinski definition) is 7. The van der Waals surface area contributed by atoms with Gasteiger partial charge in [-0.2, -0.15) is 10.2 Å². The number of phenolic OH excluding ortho intramolecular Hbond substituents is 1. The van der Waals surface area contributed by atoms with Crippen LogP contribution in [0.25, 0.3) is 0 Å². The topological polar surface area (TPSA) is 81.9 Å². The van der Waals surface area contributed by atoms with Crippen LogP contribution in [0.15, 0.2) is 40.6 Å². The Bertz CT molecular complexity index is 866. The summed E-state index contributed by atoms with van der Waals surface area (Å²) in [5.74, 6) is 1.98. The normalized spacial score (nSPS) is 12.1. The third-order valence-corrected chi connectivity index (χ3v) is 9.39. The molecule has 0 amide bonds. The molecule has 0 saturated heterocycles. The molecule has 0 unspecified atom stereocenters. The highest BCUT2D eigenvalue weighted by Crippen LogP contribution is 2.42. The minimum Gasteiger partial charge on any atom is -0.541 e. The van der Waals surface area contributed by atoms with Crippen LogP contribution in [-0.4, -0.2) is 34.8 Å². The maximum absolute atomic E-state index is 10.2. The molecule has 2 rings (SSSR count). The minimum atomic E-state index is -2.10. The third kappa shape index (κ3) is 5.20. The highest BCUT2D eigenvalue weighted by Gasteiger charge is 2.39. The van der Waals surface area contributed by atoms with Crippen molar-refractivity contribution >= 4 is 19.7 Å². The van der Waals surface area contributed by atoms with E-state index in [4.69, 9.17) is 18.6 Å². The van der Waals surface area contributed by atoms with Gasteiger partial charge in [0.25, 0.3) is 8.32 Å². The van der Waals surface area contributed by atoms with Gasteiger partial charge in [-0.05, 0) is 30.3 Å². The Labute approximate surface area is 173 Å². The lowest BCUT2D eigenvalue weighted by Crippen LogP contribution is -2.43. The van der Waals surface area contributed by atoms with Gasteiger partial charge in [0.1, 0.15) is 5.75 Å². The maximum atomic E-state index is 10.2. The Morgan fingerprint density at radius 3 is 1.79 bits per heavy atom. The van der Waals surface area contributed by atoms with Crippen molar-refractivity contribution in [3.05, 3.63) is 30.3 Å². The number of rotatable bonds is 7. The number of methoxy groups -OCH3 is 3. The SMILES string of the molecule is COc1cc(/N=N/c2ccc(O)c(O[Si](C)(C)C(C)(C)C)c2)cc(OC)c1OC. The van der Waals surface area contributed by atoms with E-state index in [9.17, 15) is 5.11 Å². The zero-order valence-corrected chi connectivity index (χ0v) is 19.4. The molecule has 158 valence electrons. The molecule has 0 aliphatic carbocycles. The Kier molecular flexibility index (Phi) is 6.79. The number of nitrogens with zero attached hydrogens (tertiary/aromatic N) is 2. The lowest BCUT2D eigenvalue weighted by atomic mass is 10.2. The zero-order valence-electron chi connectivity index (χ0n) is 18.4. The van der Waals surface area contributed by atoms with Crippen LogP contribution in [-0.2, 0) is 0 Å². The summed E-state index contributed by atoms with van der Waals surface area (Å²) in [6.07, 6.45) is 0. The molecule has 0 aliphatic rings. The van der Waals surface area contributed by atoms with Gasteiger partial charge in [0.15, 0.2) is 17.2 Å². The molecule has 0 heterocycles. The Morgan fingerprint density at radius 2 is 1.31 bits per heavy atom. The summed E-state index contributed by atoms with van der Waals surface area (Å²) in [7, 11) is 2.53. The van der Waals surface area contributed by atoms with Crippen LogP contribution in [0, 0.1) is 0 Å². The van der Waals surface area contributed by atoms with E-state index in [1.807, 2.05) is 0 Å². The van der Waals surface area contributed by atoms with Crippen LogP contribution in [0.3, 0.4) is 0 Å². The summed E-state index contributed by atoms with van der Waals surface area (Å²) in [5.41, 5.74) is 1.10. The molecular weight excluding hydrogens is 388 g/mol. The molecule has 8 heteroatoms. The van der Waals surface area contributed by atoms with Gasteiger partial charge in [-0.3, -0.25) is 0 Å². The average molecular weight is 419 g/mol. The lowest BCUT2D eigenvalue weighted by Gasteiger charge is -2.36. The predicted molar refractivity (Wildman–Crippen MR) is 116 cm³/mol. The maximum Gasteiger partial charge on any atom is 0.250 e. The standard InChI is InChI=1S/C21H30N2O5Si/c1-21(2,3)29(7,8)28-17-11-14(9-10-16(17)24)22-23-15-12-18(25-4)20(27-6)19(13-15)26-5/h9-13,24H,1-8H3/b23-22+. The second kappa shape index (κ2) is 8.73. The van der Waals surface area contributed by atoms with E-state index in [1.54, 1.807) is 51.7 Å². The summed E-state index contributed by atoms with van der Waals surface area (Å²) < 4.78 is 22.2. The van der Waals surface area contributed by atoms with E-state index >= 15 is 0 Å². The van der Waals surface area contributed by atoms with Crippen LogP contribution in [0.1, 0.15) is 20.8 Å². The third-order valence-electron chi connectivity index (χ3n) is 5.05. The first-order chi connectivity index (χ1) is 13.5. The molecule has 0 atom stereocenters. The second-order valence-corrected chi connectivity index (χ2v) is 12.8. The van der Waals surface area contributed by atoms with Crippen molar-refractivity contribution in [2.75, 3.05) is 21.3 Å². The predicted octanol–water partition coefficient (Wildman–Crippen LogP) is 6.22. The van der Waals surface area contributed by atoms with Gasteiger partial charge < -0.3 is 23.7 Å². The van der Waals surface area contributed by atoms with Crippen molar-refractivity contribution in [2.24, 2.45) is 10.2 Å². The largest absolute Gasteiger partial charge is 0.541 e. The molecule has 0 saturated carbocycles. The Hall–Kier alpha value is -2.74. The van der Waals surface area contributed by atoms with Crippen molar-refractivity contribution < 1.29 is 23.7 Å². The number of ether oxygens (including phenoxy) is 3. The number of phenols is 1. The minimum absolute atomic E-state index is 0.00711. The van der Waals surface area contributed by atoms with E-state index in [0.29, 0.717) is 34.4 Å². The fourth-order valence-corrected chi connectivity index (χ4v) is 3.33. The zero-order chi connectivity index (χ0) is 21.8. The van der Waals surface area contributed by atoms with Crippen molar-refractivity contribution in [1.29, 1.82) is 0 Å². The highest BCUT2D eigenvalue weighted by atomic mass is 28.4. The van der Waals surface area contributed by atoms with E-state index in [0.717, 1.165) is 0 Å². The van der Waals surface area contributed by atoms with Crippen molar-refractivity contribution in [2.45, 2.75) is 38.9 Å². The quantitative estimate of drug-likeness (QED) is 0.426. The van der Waals surface area contributed by atoms with Gasteiger partial charge in [0.2, 0.25) is 5.75 Å². The molecule has 0 bridgehead atoms. The lowest BCUT2D eigenvalue weighted by molar-refractivity contribution is 0.324. The molecule has 0 aromatic heterocycles. The number of aromatic hydroxyl groups is 1. The first-order valence-corrected chi connectivity index (χ1v) is 12.2. The first-order valence-electron chi connectivity index (χ1n) is 9.26. The van der Waals surface area contributed by atoms with Gasteiger partial charge in [-0.25, -0.2) is 0 Å². The number of benzene rings is 2. The van der Waals surface area contributed by atoms with Crippen LogP contribution in [0.4, 0.5) is 11.4 Å². The molecule has 0 spiro atoms. The molecule has 7 nitrogen and oxygen atoms in total.